The van der Waals surface area contributed by atoms with Crippen molar-refractivity contribution in [3.8, 4) is 0 Å². The number of primary amides is 1. The largest absolute Gasteiger partial charge is 0.419 e. The first-order chi connectivity index (χ1) is 6.80. The lowest BCUT2D eigenvalue weighted by atomic mass is 10.1. The quantitative estimate of drug-likeness (QED) is 0.760. The molecule has 2 N–H and O–H groups in total. The highest BCUT2D eigenvalue weighted by Gasteiger charge is 2.33. The Morgan fingerprint density at radius 2 is 1.93 bits per heavy atom. The van der Waals surface area contributed by atoms with Gasteiger partial charge in [0.05, 0.1) is 12.0 Å². The van der Waals surface area contributed by atoms with E-state index in [0.29, 0.717) is 12.1 Å². The number of carbonyl (C=O) groups is 1. The Hall–Kier alpha value is -1.59. The molecule has 0 atom stereocenters. The van der Waals surface area contributed by atoms with Crippen molar-refractivity contribution in [3.05, 3.63) is 41.6 Å². The van der Waals surface area contributed by atoms with Crippen molar-refractivity contribution >= 4 is 5.91 Å². The summed E-state index contributed by atoms with van der Waals surface area (Å²) in [6.45, 7) is 0. The molecule has 1 aromatic rings. The van der Waals surface area contributed by atoms with Crippen molar-refractivity contribution in [1.29, 1.82) is 0 Å². The van der Waals surface area contributed by atoms with Gasteiger partial charge in [-0.05, 0) is 17.7 Å². The van der Waals surface area contributed by atoms with E-state index in [2.05, 4.69) is 0 Å². The molecule has 0 unspecified atom stereocenters. The van der Waals surface area contributed by atoms with Gasteiger partial charge in [-0.25, -0.2) is 4.39 Å². The SMILES string of the molecule is NC(=O)[CH]c1ccc(C(F)(F)F)c(F)c1. The van der Waals surface area contributed by atoms with Crippen LogP contribution in [0.2, 0.25) is 0 Å². The maximum atomic E-state index is 12.9. The molecule has 1 aromatic carbocycles. The molecule has 0 aliphatic rings. The molecule has 0 aliphatic heterocycles. The Morgan fingerprint density at radius 3 is 2.33 bits per heavy atom. The van der Waals surface area contributed by atoms with Gasteiger partial charge in [0.1, 0.15) is 5.82 Å². The summed E-state index contributed by atoms with van der Waals surface area (Å²) in [7, 11) is 0. The molecule has 0 aliphatic carbocycles. The van der Waals surface area contributed by atoms with E-state index in [1.54, 1.807) is 0 Å². The highest BCUT2D eigenvalue weighted by Crippen LogP contribution is 2.31. The summed E-state index contributed by atoms with van der Waals surface area (Å²) in [5.74, 6) is -2.29. The first-order valence-electron chi connectivity index (χ1n) is 3.81. The van der Waals surface area contributed by atoms with E-state index in [4.69, 9.17) is 5.73 Å². The van der Waals surface area contributed by atoms with E-state index in [1.807, 2.05) is 0 Å². The molecule has 0 saturated carbocycles. The normalized spacial score (nSPS) is 11.5. The van der Waals surface area contributed by atoms with Gasteiger partial charge in [0.2, 0.25) is 5.91 Å². The topological polar surface area (TPSA) is 43.1 Å². The minimum Gasteiger partial charge on any atom is -0.369 e. The third kappa shape index (κ3) is 2.93. The Kier molecular flexibility index (Phi) is 2.97. The number of hydrogen-bond acceptors (Lipinski definition) is 1. The van der Waals surface area contributed by atoms with Crippen molar-refractivity contribution in [3.63, 3.8) is 0 Å². The Morgan fingerprint density at radius 1 is 1.33 bits per heavy atom. The number of carbonyl (C=O) groups excluding carboxylic acids is 1. The van der Waals surface area contributed by atoms with Crippen LogP contribution in [0.3, 0.4) is 0 Å². The molecule has 0 heterocycles. The summed E-state index contributed by atoms with van der Waals surface area (Å²) >= 11 is 0. The Labute approximate surface area is 82.7 Å². The van der Waals surface area contributed by atoms with Crippen LogP contribution >= 0.6 is 0 Å². The molecule has 0 aromatic heterocycles. The number of amides is 1. The number of nitrogens with two attached hydrogens (primary N) is 1. The third-order valence-electron chi connectivity index (χ3n) is 1.61. The monoisotopic (exact) mass is 220 g/mol. The van der Waals surface area contributed by atoms with Crippen molar-refractivity contribution in [2.45, 2.75) is 6.18 Å². The van der Waals surface area contributed by atoms with E-state index in [9.17, 15) is 22.4 Å². The molecule has 1 radical (unpaired) electrons. The van der Waals surface area contributed by atoms with Gasteiger partial charge in [-0.15, -0.1) is 0 Å². The fourth-order valence-corrected chi connectivity index (χ4v) is 1.02. The van der Waals surface area contributed by atoms with Crippen LogP contribution in [0.4, 0.5) is 17.6 Å². The van der Waals surface area contributed by atoms with E-state index < -0.39 is 23.5 Å². The number of rotatable bonds is 2. The summed E-state index contributed by atoms with van der Waals surface area (Å²) in [4.78, 5) is 10.4. The average molecular weight is 220 g/mol. The molecule has 0 fully saturated rings. The maximum absolute atomic E-state index is 12.9. The van der Waals surface area contributed by atoms with Crippen LogP contribution < -0.4 is 5.73 Å². The highest BCUT2D eigenvalue weighted by atomic mass is 19.4. The zero-order valence-corrected chi connectivity index (χ0v) is 7.31. The smallest absolute Gasteiger partial charge is 0.369 e. The summed E-state index contributed by atoms with van der Waals surface area (Å²) < 4.78 is 49.2. The minimum atomic E-state index is -4.74. The third-order valence-corrected chi connectivity index (χ3v) is 1.61. The van der Waals surface area contributed by atoms with E-state index in [1.165, 1.54) is 0 Å². The van der Waals surface area contributed by atoms with Crippen LogP contribution in [0.1, 0.15) is 11.1 Å². The molecule has 0 bridgehead atoms. The van der Waals surface area contributed by atoms with Crippen LogP contribution in [-0.4, -0.2) is 5.91 Å². The molecule has 1 amide bonds. The maximum Gasteiger partial charge on any atom is 0.419 e. The number of hydrogen-bond donors (Lipinski definition) is 1. The van der Waals surface area contributed by atoms with Crippen LogP contribution in [0.15, 0.2) is 18.2 Å². The molecule has 2 nitrogen and oxygen atoms in total. The molecule has 1 rings (SSSR count). The van der Waals surface area contributed by atoms with Crippen LogP contribution in [-0.2, 0) is 11.0 Å². The molecule has 15 heavy (non-hydrogen) atoms. The van der Waals surface area contributed by atoms with Gasteiger partial charge < -0.3 is 5.73 Å². The highest BCUT2D eigenvalue weighted by molar-refractivity contribution is 5.86. The first kappa shape index (κ1) is 11.5. The molecule has 0 saturated heterocycles. The molecule has 6 heteroatoms. The van der Waals surface area contributed by atoms with E-state index in [0.717, 1.165) is 12.5 Å². The van der Waals surface area contributed by atoms with Gasteiger partial charge in [-0.2, -0.15) is 13.2 Å². The number of halogens is 4. The molecular formula is C9H6F4NO. The Balaban J connectivity index is 3.04. The van der Waals surface area contributed by atoms with Crippen molar-refractivity contribution in [2.75, 3.05) is 0 Å². The van der Waals surface area contributed by atoms with Crippen LogP contribution in [0.5, 0.6) is 0 Å². The number of alkyl halides is 3. The number of benzene rings is 1. The van der Waals surface area contributed by atoms with Crippen LogP contribution in [0, 0.1) is 12.2 Å². The Bertz CT molecular complexity index is 386. The van der Waals surface area contributed by atoms with E-state index >= 15 is 0 Å². The zero-order valence-electron chi connectivity index (χ0n) is 7.31. The van der Waals surface area contributed by atoms with Gasteiger partial charge in [0.25, 0.3) is 0 Å². The van der Waals surface area contributed by atoms with Crippen molar-refractivity contribution in [1.82, 2.24) is 0 Å². The van der Waals surface area contributed by atoms with Gasteiger partial charge in [-0.1, -0.05) is 6.07 Å². The first-order valence-corrected chi connectivity index (χ1v) is 3.81. The lowest BCUT2D eigenvalue weighted by Gasteiger charge is -2.08. The van der Waals surface area contributed by atoms with Gasteiger partial charge >= 0.3 is 6.18 Å². The lowest BCUT2D eigenvalue weighted by Crippen LogP contribution is -2.13. The van der Waals surface area contributed by atoms with Crippen LogP contribution in [0.25, 0.3) is 0 Å². The van der Waals surface area contributed by atoms with Gasteiger partial charge in [-0.3, -0.25) is 4.79 Å². The summed E-state index contributed by atoms with van der Waals surface area (Å²) in [5.41, 5.74) is 3.38. The summed E-state index contributed by atoms with van der Waals surface area (Å²) in [6.07, 6.45) is -3.90. The minimum absolute atomic E-state index is 0.00648. The molecule has 81 valence electrons. The van der Waals surface area contributed by atoms with Crippen molar-refractivity contribution in [2.24, 2.45) is 5.73 Å². The average Bonchev–Trinajstić information content (AvgIpc) is 1.99. The second-order valence-electron chi connectivity index (χ2n) is 2.78. The second-order valence-corrected chi connectivity index (χ2v) is 2.78. The summed E-state index contributed by atoms with van der Waals surface area (Å²) in [5, 5.41) is 0. The molecule has 0 spiro atoms. The van der Waals surface area contributed by atoms with E-state index in [-0.39, 0.29) is 5.56 Å². The molecular weight excluding hydrogens is 214 g/mol. The van der Waals surface area contributed by atoms with Crippen molar-refractivity contribution < 1.29 is 22.4 Å². The van der Waals surface area contributed by atoms with Gasteiger partial charge in [0.15, 0.2) is 0 Å². The second kappa shape index (κ2) is 3.88. The standard InChI is InChI=1S/C9H6F4NO/c10-7-3-5(4-8(14)15)1-2-6(7)9(11,12)13/h1-4H,(H2,14,15). The summed E-state index contributed by atoms with van der Waals surface area (Å²) in [6, 6.07) is 2.13. The van der Waals surface area contributed by atoms with Gasteiger partial charge in [0, 0.05) is 0 Å². The predicted molar refractivity (Wildman–Crippen MR) is 44.0 cm³/mol. The lowest BCUT2D eigenvalue weighted by molar-refractivity contribution is -0.140. The fraction of sp³-hybridized carbons (Fsp3) is 0.111. The fourth-order valence-electron chi connectivity index (χ4n) is 1.02. The zero-order chi connectivity index (χ0) is 11.6. The predicted octanol–water partition coefficient (Wildman–Crippen LogP) is 1.88.